The van der Waals surface area contributed by atoms with Crippen molar-refractivity contribution in [2.75, 3.05) is 19.8 Å². The Balaban J connectivity index is 1.85. The topological polar surface area (TPSA) is 76.4 Å². The summed E-state index contributed by atoms with van der Waals surface area (Å²) in [6, 6.07) is 0.541. The van der Waals surface area contributed by atoms with Crippen LogP contribution in [0.1, 0.15) is 38.3 Å². The third-order valence-electron chi connectivity index (χ3n) is 3.95. The smallest absolute Gasteiger partial charge is 0.191 e. The van der Waals surface area contributed by atoms with Gasteiger partial charge in [-0.3, -0.25) is 0 Å². The van der Waals surface area contributed by atoms with E-state index in [9.17, 15) is 0 Å². The highest BCUT2D eigenvalue weighted by molar-refractivity contribution is 5.80. The molecule has 7 nitrogen and oxygen atoms in total. The lowest BCUT2D eigenvalue weighted by atomic mass is 10.4. The van der Waals surface area contributed by atoms with Gasteiger partial charge in [0.25, 0.3) is 0 Å². The van der Waals surface area contributed by atoms with E-state index in [-0.39, 0.29) is 0 Å². The van der Waals surface area contributed by atoms with Crippen molar-refractivity contribution in [1.82, 2.24) is 25.4 Å². The lowest BCUT2D eigenvalue weighted by molar-refractivity contribution is 0.145. The Hall–Kier alpha value is -1.63. The Morgan fingerprint density at radius 2 is 2.23 bits per heavy atom. The molecule has 0 bridgehead atoms. The highest BCUT2D eigenvalue weighted by atomic mass is 16.5. The van der Waals surface area contributed by atoms with Crippen molar-refractivity contribution in [2.45, 2.75) is 46.2 Å². The van der Waals surface area contributed by atoms with Gasteiger partial charge >= 0.3 is 0 Å². The maximum Gasteiger partial charge on any atom is 0.191 e. The van der Waals surface area contributed by atoms with Crippen LogP contribution in [0.25, 0.3) is 0 Å². The summed E-state index contributed by atoms with van der Waals surface area (Å²) in [5, 5.41) is 15.0. The molecule has 2 atom stereocenters. The van der Waals surface area contributed by atoms with Crippen LogP contribution < -0.4 is 10.6 Å². The molecular weight excluding hydrogens is 280 g/mol. The molecule has 1 aromatic rings. The summed E-state index contributed by atoms with van der Waals surface area (Å²) in [5.74, 6) is 3.36. The number of aryl methyl sites for hydroxylation is 1. The molecule has 1 aliphatic rings. The van der Waals surface area contributed by atoms with Gasteiger partial charge in [0.2, 0.25) is 0 Å². The zero-order valence-electron chi connectivity index (χ0n) is 14.1. The molecule has 1 fully saturated rings. The summed E-state index contributed by atoms with van der Waals surface area (Å²) < 4.78 is 7.32. The number of hydrogen-bond acceptors (Lipinski definition) is 4. The van der Waals surface area contributed by atoms with Crippen LogP contribution in [0.5, 0.6) is 0 Å². The van der Waals surface area contributed by atoms with E-state index in [0.29, 0.717) is 12.6 Å². The Morgan fingerprint density at radius 1 is 1.45 bits per heavy atom. The number of nitrogens with one attached hydrogen (secondary N) is 2. The first-order valence-electron chi connectivity index (χ1n) is 8.09. The maximum atomic E-state index is 5.35. The molecule has 0 radical (unpaired) electrons. The molecule has 0 aliphatic heterocycles. The average molecular weight is 308 g/mol. The van der Waals surface area contributed by atoms with E-state index in [0.717, 1.165) is 49.7 Å². The lowest BCUT2D eigenvalue weighted by Crippen LogP contribution is -2.40. The van der Waals surface area contributed by atoms with Gasteiger partial charge in [-0.25, -0.2) is 4.99 Å². The third kappa shape index (κ3) is 4.98. The summed E-state index contributed by atoms with van der Waals surface area (Å²) in [6.45, 7) is 9.13. The summed E-state index contributed by atoms with van der Waals surface area (Å²) in [5.41, 5.74) is 0. The number of nitrogens with zero attached hydrogens (tertiary/aromatic N) is 4. The van der Waals surface area contributed by atoms with E-state index in [1.54, 1.807) is 0 Å². The Morgan fingerprint density at radius 3 is 2.82 bits per heavy atom. The molecule has 0 saturated heterocycles. The zero-order valence-corrected chi connectivity index (χ0v) is 14.1. The lowest BCUT2D eigenvalue weighted by Gasteiger charge is -2.12. The van der Waals surface area contributed by atoms with E-state index in [1.807, 2.05) is 25.5 Å². The fourth-order valence-electron chi connectivity index (χ4n) is 2.12. The fraction of sp³-hybridized carbons (Fsp3) is 0.800. The maximum absolute atomic E-state index is 5.35. The van der Waals surface area contributed by atoms with E-state index < -0.39 is 0 Å². The summed E-state index contributed by atoms with van der Waals surface area (Å²) in [4.78, 5) is 4.63. The van der Waals surface area contributed by atoms with Crippen LogP contribution in [0.3, 0.4) is 0 Å². The van der Waals surface area contributed by atoms with Gasteiger partial charge in [0.05, 0.1) is 0 Å². The molecule has 124 valence electrons. The Labute approximate surface area is 132 Å². The number of ether oxygens (including phenoxy) is 1. The van der Waals surface area contributed by atoms with Gasteiger partial charge in [0, 0.05) is 32.8 Å². The number of aromatic nitrogens is 3. The van der Waals surface area contributed by atoms with Gasteiger partial charge in [-0.2, -0.15) is 0 Å². The highest BCUT2D eigenvalue weighted by Crippen LogP contribution is 2.28. The van der Waals surface area contributed by atoms with Crippen LogP contribution in [0.2, 0.25) is 0 Å². The largest absolute Gasteiger partial charge is 0.382 e. The zero-order chi connectivity index (χ0) is 15.9. The van der Waals surface area contributed by atoms with E-state index >= 15 is 0 Å². The molecule has 1 aromatic heterocycles. The summed E-state index contributed by atoms with van der Waals surface area (Å²) in [6.07, 6.45) is 2.18. The van der Waals surface area contributed by atoms with Crippen LogP contribution >= 0.6 is 0 Å². The second-order valence-electron chi connectivity index (χ2n) is 5.83. The fourth-order valence-corrected chi connectivity index (χ4v) is 2.12. The van der Waals surface area contributed by atoms with E-state index in [2.05, 4.69) is 32.7 Å². The van der Waals surface area contributed by atoms with Crippen molar-refractivity contribution in [1.29, 1.82) is 0 Å². The van der Waals surface area contributed by atoms with Crippen molar-refractivity contribution in [2.24, 2.45) is 18.0 Å². The van der Waals surface area contributed by atoms with Crippen LogP contribution in [0.15, 0.2) is 4.99 Å². The van der Waals surface area contributed by atoms with Crippen LogP contribution in [0.4, 0.5) is 0 Å². The number of guanidine groups is 1. The van der Waals surface area contributed by atoms with Crippen LogP contribution in [-0.2, 0) is 18.3 Å². The van der Waals surface area contributed by atoms with Crippen LogP contribution in [-0.4, -0.2) is 46.5 Å². The highest BCUT2D eigenvalue weighted by Gasteiger charge is 2.33. The molecule has 7 heteroatoms. The molecule has 1 aliphatic carbocycles. The van der Waals surface area contributed by atoms with Gasteiger partial charge in [0.15, 0.2) is 11.8 Å². The standard InChI is InChI=1S/C15H28N6O/c1-5-22-8-6-7-16-15(18-13-9-11(13)2)17-10-14-20-19-12(3)21(14)4/h11,13H,5-10H2,1-4H3,(H2,16,17,18). The van der Waals surface area contributed by atoms with Crippen molar-refractivity contribution in [3.05, 3.63) is 11.6 Å². The summed E-state index contributed by atoms with van der Waals surface area (Å²) >= 11 is 0. The molecule has 1 heterocycles. The predicted molar refractivity (Wildman–Crippen MR) is 86.7 cm³/mol. The molecule has 0 amide bonds. The SMILES string of the molecule is CCOCCCNC(=NCc1nnc(C)n1C)NC1CC1C. The van der Waals surface area contributed by atoms with E-state index in [1.165, 1.54) is 6.42 Å². The van der Waals surface area contributed by atoms with Gasteiger partial charge in [-0.15, -0.1) is 10.2 Å². The molecule has 1 saturated carbocycles. The third-order valence-corrected chi connectivity index (χ3v) is 3.95. The van der Waals surface area contributed by atoms with Crippen molar-refractivity contribution < 1.29 is 4.74 Å². The van der Waals surface area contributed by atoms with Crippen molar-refractivity contribution in [3.8, 4) is 0 Å². The van der Waals surface area contributed by atoms with Gasteiger partial charge in [-0.05, 0) is 32.6 Å². The Bertz CT molecular complexity index is 498. The van der Waals surface area contributed by atoms with Crippen LogP contribution in [0, 0.1) is 12.8 Å². The molecule has 0 spiro atoms. The van der Waals surface area contributed by atoms with Gasteiger partial charge < -0.3 is 19.9 Å². The monoisotopic (exact) mass is 308 g/mol. The molecule has 2 unspecified atom stereocenters. The van der Waals surface area contributed by atoms with Crippen molar-refractivity contribution >= 4 is 5.96 Å². The first-order chi connectivity index (χ1) is 10.6. The Kier molecular flexibility index (Phi) is 6.18. The minimum Gasteiger partial charge on any atom is -0.382 e. The number of rotatable bonds is 8. The molecule has 2 N–H and O–H groups in total. The average Bonchev–Trinajstić information content (AvgIpc) is 3.10. The van der Waals surface area contributed by atoms with E-state index in [4.69, 9.17) is 4.74 Å². The minimum atomic E-state index is 0.527. The molecule has 22 heavy (non-hydrogen) atoms. The first kappa shape index (κ1) is 16.7. The molecular formula is C15H28N6O. The number of aliphatic imine (C=N–C) groups is 1. The van der Waals surface area contributed by atoms with Gasteiger partial charge in [-0.1, -0.05) is 6.92 Å². The van der Waals surface area contributed by atoms with Gasteiger partial charge in [0.1, 0.15) is 12.4 Å². The number of hydrogen-bond donors (Lipinski definition) is 2. The summed E-state index contributed by atoms with van der Waals surface area (Å²) in [7, 11) is 1.96. The predicted octanol–water partition coefficient (Wildman–Crippen LogP) is 0.994. The van der Waals surface area contributed by atoms with Crippen molar-refractivity contribution in [3.63, 3.8) is 0 Å². The second kappa shape index (κ2) is 8.12. The quantitative estimate of drug-likeness (QED) is 0.425. The minimum absolute atomic E-state index is 0.527. The second-order valence-corrected chi connectivity index (χ2v) is 5.83. The normalized spacial score (nSPS) is 21.0. The molecule has 0 aromatic carbocycles. The molecule has 2 rings (SSSR count). The first-order valence-corrected chi connectivity index (χ1v) is 8.09.